The second-order valence-corrected chi connectivity index (χ2v) is 11.1. The van der Waals surface area contributed by atoms with Crippen molar-refractivity contribution >= 4 is 39.3 Å². The molecule has 1 saturated heterocycles. The van der Waals surface area contributed by atoms with Crippen molar-refractivity contribution in [2.45, 2.75) is 17.9 Å². The lowest BCUT2D eigenvalue weighted by Gasteiger charge is -2.24. The van der Waals surface area contributed by atoms with Gasteiger partial charge in [0.15, 0.2) is 0 Å². The van der Waals surface area contributed by atoms with Crippen molar-refractivity contribution in [3.05, 3.63) is 83.7 Å². The third kappa shape index (κ3) is 5.52. The number of carbonyl (C=O) groups is 2. The molecule has 1 aliphatic rings. The van der Waals surface area contributed by atoms with Crippen LogP contribution < -0.4 is 10.6 Å². The monoisotopic (exact) mass is 498 g/mol. The van der Waals surface area contributed by atoms with Crippen molar-refractivity contribution in [3.8, 4) is 0 Å². The number of aromatic nitrogens is 1. The Morgan fingerprint density at radius 2 is 1.74 bits per heavy atom. The number of sulfonamides is 1. The van der Waals surface area contributed by atoms with E-state index in [2.05, 4.69) is 15.6 Å². The third-order valence-corrected chi connectivity index (χ3v) is 8.36. The van der Waals surface area contributed by atoms with Crippen molar-refractivity contribution in [1.29, 1.82) is 0 Å². The highest BCUT2D eigenvalue weighted by Gasteiger charge is 2.28. The van der Waals surface area contributed by atoms with Gasteiger partial charge in [0.25, 0.3) is 11.8 Å². The number of hydrogen-bond acceptors (Lipinski definition) is 5. The summed E-state index contributed by atoms with van der Waals surface area (Å²) in [7, 11) is -3.63. The van der Waals surface area contributed by atoms with Crippen LogP contribution in [0.2, 0.25) is 0 Å². The molecule has 2 aromatic carbocycles. The molecule has 3 N–H and O–H groups in total. The van der Waals surface area contributed by atoms with E-state index in [0.29, 0.717) is 24.3 Å². The van der Waals surface area contributed by atoms with Crippen molar-refractivity contribution < 1.29 is 18.0 Å². The fourth-order valence-corrected chi connectivity index (χ4v) is 6.20. The molecule has 1 aromatic heterocycles. The van der Waals surface area contributed by atoms with E-state index in [4.69, 9.17) is 0 Å². The minimum atomic E-state index is -3.63. The van der Waals surface area contributed by atoms with Crippen LogP contribution in [0.4, 0.5) is 5.69 Å². The number of nitrogens with one attached hydrogen (secondary N) is 3. The van der Waals surface area contributed by atoms with E-state index in [1.54, 1.807) is 54.2 Å². The lowest BCUT2D eigenvalue weighted by Crippen LogP contribution is -2.37. The van der Waals surface area contributed by atoms with E-state index >= 15 is 0 Å². The molecule has 0 spiro atoms. The standard InChI is InChI=1S/C24H26N4O4S2/c1-17(19-8-5-9-20(14-19)27-23(29)18-6-3-2-4-7-18)26-24(30)22-15-21(16-25-22)34(31,32)28-10-12-33-13-11-28/h2-9,14-17,25H,10-13H2,1H3,(H,26,30)(H,27,29). The molecule has 4 rings (SSSR count). The van der Waals surface area contributed by atoms with Gasteiger partial charge in [0.1, 0.15) is 10.6 Å². The maximum Gasteiger partial charge on any atom is 0.268 e. The first-order valence-corrected chi connectivity index (χ1v) is 13.5. The molecule has 0 radical (unpaired) electrons. The first-order chi connectivity index (χ1) is 16.3. The number of carbonyl (C=O) groups excluding carboxylic acids is 2. The zero-order valence-electron chi connectivity index (χ0n) is 18.7. The van der Waals surface area contributed by atoms with Crippen molar-refractivity contribution in [3.63, 3.8) is 0 Å². The second kappa shape index (κ2) is 10.5. The van der Waals surface area contributed by atoms with Crippen LogP contribution in [0.25, 0.3) is 0 Å². The Balaban J connectivity index is 1.41. The molecule has 2 heterocycles. The fourth-order valence-electron chi connectivity index (χ4n) is 3.63. The van der Waals surface area contributed by atoms with Crippen LogP contribution in [-0.2, 0) is 10.0 Å². The first-order valence-electron chi connectivity index (χ1n) is 10.9. The zero-order chi connectivity index (χ0) is 24.1. The molecular formula is C24H26N4O4S2. The van der Waals surface area contributed by atoms with E-state index in [9.17, 15) is 18.0 Å². The molecule has 0 aliphatic carbocycles. The van der Waals surface area contributed by atoms with Crippen molar-refractivity contribution in [2.75, 3.05) is 29.9 Å². The lowest BCUT2D eigenvalue weighted by molar-refractivity contribution is 0.0934. The molecule has 2 amide bonds. The normalized spacial score (nSPS) is 15.4. The summed E-state index contributed by atoms with van der Waals surface area (Å²) < 4.78 is 27.1. The van der Waals surface area contributed by atoms with Crippen LogP contribution in [0.3, 0.4) is 0 Å². The van der Waals surface area contributed by atoms with Gasteiger partial charge in [-0.25, -0.2) is 8.42 Å². The minimum absolute atomic E-state index is 0.0859. The average Bonchev–Trinajstić information content (AvgIpc) is 3.37. The topological polar surface area (TPSA) is 111 Å². The predicted octanol–water partition coefficient (Wildman–Crippen LogP) is 3.50. The van der Waals surface area contributed by atoms with Crippen LogP contribution in [0.5, 0.6) is 0 Å². The molecule has 1 fully saturated rings. The Morgan fingerprint density at radius 1 is 1.00 bits per heavy atom. The van der Waals surface area contributed by atoms with E-state index in [0.717, 1.165) is 17.1 Å². The zero-order valence-corrected chi connectivity index (χ0v) is 20.3. The maximum absolute atomic E-state index is 12.8. The summed E-state index contributed by atoms with van der Waals surface area (Å²) in [6.45, 7) is 2.75. The number of rotatable bonds is 7. The van der Waals surface area contributed by atoms with E-state index in [-0.39, 0.29) is 22.5 Å². The van der Waals surface area contributed by atoms with Gasteiger partial charge in [0, 0.05) is 42.0 Å². The summed E-state index contributed by atoms with van der Waals surface area (Å²) in [6, 6.07) is 17.1. The fraction of sp³-hybridized carbons (Fsp3) is 0.250. The highest BCUT2D eigenvalue weighted by molar-refractivity contribution is 7.99. The highest BCUT2D eigenvalue weighted by Crippen LogP contribution is 2.22. The molecular weight excluding hydrogens is 472 g/mol. The first kappa shape index (κ1) is 24.1. The molecule has 1 atom stereocenters. The largest absolute Gasteiger partial charge is 0.356 e. The predicted molar refractivity (Wildman–Crippen MR) is 134 cm³/mol. The maximum atomic E-state index is 12.8. The summed E-state index contributed by atoms with van der Waals surface area (Å²) in [5.74, 6) is 0.891. The van der Waals surface area contributed by atoms with Crippen LogP contribution in [0.1, 0.15) is 39.4 Å². The summed E-state index contributed by atoms with van der Waals surface area (Å²) in [5, 5.41) is 5.73. The number of H-pyrrole nitrogens is 1. The van der Waals surface area contributed by atoms with E-state index in [1.165, 1.54) is 16.6 Å². The summed E-state index contributed by atoms with van der Waals surface area (Å²) in [4.78, 5) is 28.1. The lowest BCUT2D eigenvalue weighted by atomic mass is 10.1. The Labute approximate surface area is 203 Å². The van der Waals surface area contributed by atoms with Gasteiger partial charge in [-0.15, -0.1) is 0 Å². The number of aromatic amines is 1. The van der Waals surface area contributed by atoms with Crippen molar-refractivity contribution in [1.82, 2.24) is 14.6 Å². The van der Waals surface area contributed by atoms with E-state index < -0.39 is 15.9 Å². The number of benzene rings is 2. The van der Waals surface area contributed by atoms with Crippen molar-refractivity contribution in [2.24, 2.45) is 0 Å². The van der Waals surface area contributed by atoms with Gasteiger partial charge in [-0.2, -0.15) is 16.1 Å². The molecule has 34 heavy (non-hydrogen) atoms. The molecule has 1 unspecified atom stereocenters. The average molecular weight is 499 g/mol. The molecule has 10 heteroatoms. The molecule has 0 bridgehead atoms. The molecule has 3 aromatic rings. The number of nitrogens with zero attached hydrogens (tertiary/aromatic N) is 1. The summed E-state index contributed by atoms with van der Waals surface area (Å²) in [6.07, 6.45) is 1.36. The molecule has 0 saturated carbocycles. The van der Waals surface area contributed by atoms with Gasteiger partial charge in [-0.1, -0.05) is 30.3 Å². The van der Waals surface area contributed by atoms with Crippen LogP contribution in [0, 0.1) is 0 Å². The van der Waals surface area contributed by atoms with Gasteiger partial charge < -0.3 is 15.6 Å². The van der Waals surface area contributed by atoms with Gasteiger partial charge in [0.05, 0.1) is 6.04 Å². The Bertz CT molecular complexity index is 1270. The smallest absolute Gasteiger partial charge is 0.268 e. The van der Waals surface area contributed by atoms with Gasteiger partial charge in [0.2, 0.25) is 10.0 Å². The number of amides is 2. The second-order valence-electron chi connectivity index (χ2n) is 7.91. The third-order valence-electron chi connectivity index (χ3n) is 5.54. The quantitative estimate of drug-likeness (QED) is 0.462. The van der Waals surface area contributed by atoms with Gasteiger partial charge in [-0.3, -0.25) is 9.59 Å². The molecule has 8 nitrogen and oxygen atoms in total. The number of anilines is 1. The van der Waals surface area contributed by atoms with Crippen LogP contribution >= 0.6 is 11.8 Å². The summed E-state index contributed by atoms with van der Waals surface area (Å²) in [5.41, 5.74) is 2.13. The van der Waals surface area contributed by atoms with Crippen LogP contribution in [-0.4, -0.2) is 54.1 Å². The van der Waals surface area contributed by atoms with E-state index in [1.807, 2.05) is 19.1 Å². The molecule has 1 aliphatic heterocycles. The summed E-state index contributed by atoms with van der Waals surface area (Å²) >= 11 is 1.73. The van der Waals surface area contributed by atoms with Gasteiger partial charge >= 0.3 is 0 Å². The number of thioether (sulfide) groups is 1. The SMILES string of the molecule is CC(NC(=O)c1cc(S(=O)(=O)N2CCSCC2)c[nH]1)c1cccc(NC(=O)c2ccccc2)c1. The molecule has 178 valence electrons. The van der Waals surface area contributed by atoms with Gasteiger partial charge in [-0.05, 0) is 42.8 Å². The Kier molecular flexibility index (Phi) is 7.40. The Hall–Kier alpha value is -3.08. The minimum Gasteiger partial charge on any atom is -0.356 e. The Morgan fingerprint density at radius 3 is 2.47 bits per heavy atom. The highest BCUT2D eigenvalue weighted by atomic mass is 32.2. The van der Waals surface area contributed by atoms with Crippen LogP contribution in [0.15, 0.2) is 71.8 Å². The number of hydrogen-bond donors (Lipinski definition) is 3.